The van der Waals surface area contributed by atoms with Gasteiger partial charge in [0.25, 0.3) is 0 Å². The first-order chi connectivity index (χ1) is 11.9. The molecule has 0 amide bonds. The molecule has 0 rings (SSSR count). The predicted octanol–water partition coefficient (Wildman–Crippen LogP) is 5.09. The molecule has 1 N–H and O–H groups in total. The molecule has 0 fully saturated rings. The van der Waals surface area contributed by atoms with Gasteiger partial charge in [-0.25, -0.2) is 4.57 Å². The lowest BCUT2D eigenvalue weighted by Crippen LogP contribution is -2.20. The van der Waals surface area contributed by atoms with Gasteiger partial charge in [0.05, 0.1) is 25.4 Å². The Balaban J connectivity index is 3.77. The van der Waals surface area contributed by atoms with Gasteiger partial charge in [-0.05, 0) is 26.7 Å². The van der Waals surface area contributed by atoms with Crippen LogP contribution in [0.25, 0.3) is 0 Å². The van der Waals surface area contributed by atoms with Crippen LogP contribution < -0.4 is 0 Å². The van der Waals surface area contributed by atoms with Crippen molar-refractivity contribution < 1.29 is 28.0 Å². The minimum Gasteiger partial charge on any atom is -0.379 e. The second-order valence-corrected chi connectivity index (χ2v) is 7.93. The summed E-state index contributed by atoms with van der Waals surface area (Å²) in [7, 11) is -4.10. The fourth-order valence-corrected chi connectivity index (χ4v) is 3.38. The van der Waals surface area contributed by atoms with E-state index >= 15 is 0 Å². The summed E-state index contributed by atoms with van der Waals surface area (Å²) >= 11 is 0. The lowest BCUT2D eigenvalue weighted by Gasteiger charge is -2.21. The Morgan fingerprint density at radius 1 is 0.760 bits per heavy atom. The van der Waals surface area contributed by atoms with Crippen molar-refractivity contribution in [3.8, 4) is 0 Å². The van der Waals surface area contributed by atoms with Gasteiger partial charge in [0.2, 0.25) is 0 Å². The first-order valence-electron chi connectivity index (χ1n) is 9.76. The van der Waals surface area contributed by atoms with Crippen molar-refractivity contribution in [3.05, 3.63) is 0 Å². The number of unbranched alkanes of at least 4 members (excludes halogenated alkanes) is 6. The molecule has 2 unspecified atom stereocenters. The molecular formula is C18H39O6P. The summed E-state index contributed by atoms with van der Waals surface area (Å²) in [6, 6.07) is 0. The van der Waals surface area contributed by atoms with Crippen LogP contribution in [0.3, 0.4) is 0 Å². The van der Waals surface area contributed by atoms with E-state index in [1.165, 1.54) is 25.7 Å². The SMILES string of the molecule is CCCCCCOCC(C)OP(=O)(O)OC(C)COCCCCCC. The molecule has 0 radical (unpaired) electrons. The van der Waals surface area contributed by atoms with Crippen LogP contribution in [0, 0.1) is 0 Å². The van der Waals surface area contributed by atoms with Gasteiger partial charge in [-0.2, -0.15) is 0 Å². The second-order valence-electron chi connectivity index (χ2n) is 6.57. The van der Waals surface area contributed by atoms with Gasteiger partial charge in [0, 0.05) is 13.2 Å². The fraction of sp³-hybridized carbons (Fsp3) is 1.00. The summed E-state index contributed by atoms with van der Waals surface area (Å²) in [6.45, 7) is 9.58. The molecule has 0 spiro atoms. The first kappa shape index (κ1) is 25.0. The highest BCUT2D eigenvalue weighted by Crippen LogP contribution is 2.45. The maximum absolute atomic E-state index is 12.0. The molecule has 25 heavy (non-hydrogen) atoms. The molecule has 0 aromatic heterocycles. The van der Waals surface area contributed by atoms with E-state index in [1.54, 1.807) is 13.8 Å². The van der Waals surface area contributed by atoms with Crippen molar-refractivity contribution >= 4 is 7.82 Å². The predicted molar refractivity (Wildman–Crippen MR) is 101 cm³/mol. The molecule has 2 atom stereocenters. The summed E-state index contributed by atoms with van der Waals surface area (Å²) in [6.07, 6.45) is 8.07. The molecule has 7 heteroatoms. The van der Waals surface area contributed by atoms with E-state index in [4.69, 9.17) is 18.5 Å². The van der Waals surface area contributed by atoms with Gasteiger partial charge in [0.1, 0.15) is 0 Å². The maximum Gasteiger partial charge on any atom is 0.472 e. The van der Waals surface area contributed by atoms with Gasteiger partial charge in [-0.15, -0.1) is 0 Å². The Kier molecular flexibility index (Phi) is 16.2. The van der Waals surface area contributed by atoms with Crippen LogP contribution in [0.15, 0.2) is 0 Å². The standard InChI is InChI=1S/C18H39O6P/c1-5-7-9-11-13-21-15-17(3)23-25(19,20)24-18(4)16-22-14-12-10-8-6-2/h17-18H,5-16H2,1-4H3,(H,19,20). The van der Waals surface area contributed by atoms with Crippen molar-refractivity contribution in [1.29, 1.82) is 0 Å². The van der Waals surface area contributed by atoms with E-state index in [0.717, 1.165) is 25.7 Å². The monoisotopic (exact) mass is 382 g/mol. The van der Waals surface area contributed by atoms with Crippen LogP contribution in [0.1, 0.15) is 79.1 Å². The average Bonchev–Trinajstić information content (AvgIpc) is 2.53. The van der Waals surface area contributed by atoms with Crippen LogP contribution in [-0.2, 0) is 23.1 Å². The molecule has 0 bridgehead atoms. The highest BCUT2D eigenvalue weighted by atomic mass is 31.2. The highest BCUT2D eigenvalue weighted by Gasteiger charge is 2.27. The van der Waals surface area contributed by atoms with Crippen LogP contribution in [-0.4, -0.2) is 43.5 Å². The van der Waals surface area contributed by atoms with Crippen LogP contribution >= 0.6 is 7.82 Å². The molecule has 0 saturated carbocycles. The van der Waals surface area contributed by atoms with Crippen molar-refractivity contribution in [2.75, 3.05) is 26.4 Å². The number of phosphoric ester groups is 1. The van der Waals surface area contributed by atoms with Crippen molar-refractivity contribution in [2.24, 2.45) is 0 Å². The Hall–Kier alpha value is 0.0300. The molecule has 0 aromatic carbocycles. The number of rotatable bonds is 18. The lowest BCUT2D eigenvalue weighted by molar-refractivity contribution is 0.00557. The molecular weight excluding hydrogens is 343 g/mol. The largest absolute Gasteiger partial charge is 0.472 e. The summed E-state index contributed by atoms with van der Waals surface area (Å²) < 4.78 is 33.1. The second kappa shape index (κ2) is 16.2. The van der Waals surface area contributed by atoms with Crippen LogP contribution in [0.2, 0.25) is 0 Å². The maximum atomic E-state index is 12.0. The van der Waals surface area contributed by atoms with Gasteiger partial charge < -0.3 is 14.4 Å². The summed E-state index contributed by atoms with van der Waals surface area (Å²) in [4.78, 5) is 9.80. The van der Waals surface area contributed by atoms with Crippen LogP contribution in [0.5, 0.6) is 0 Å². The van der Waals surface area contributed by atoms with Crippen molar-refractivity contribution in [1.82, 2.24) is 0 Å². The van der Waals surface area contributed by atoms with Gasteiger partial charge in [-0.1, -0.05) is 52.4 Å². The zero-order valence-electron chi connectivity index (χ0n) is 16.6. The van der Waals surface area contributed by atoms with E-state index in [1.807, 2.05) is 0 Å². The Morgan fingerprint density at radius 2 is 1.16 bits per heavy atom. The topological polar surface area (TPSA) is 74.2 Å². The molecule has 0 aliphatic carbocycles. The van der Waals surface area contributed by atoms with Gasteiger partial charge >= 0.3 is 7.82 Å². The molecule has 0 aliphatic rings. The van der Waals surface area contributed by atoms with Gasteiger partial charge in [0.15, 0.2) is 0 Å². The Morgan fingerprint density at radius 3 is 1.52 bits per heavy atom. The number of hydrogen-bond acceptors (Lipinski definition) is 5. The molecule has 6 nitrogen and oxygen atoms in total. The Bertz CT molecular complexity index is 312. The summed E-state index contributed by atoms with van der Waals surface area (Å²) in [5, 5.41) is 0. The normalized spacial score (nSPS) is 16.5. The summed E-state index contributed by atoms with van der Waals surface area (Å²) in [5.74, 6) is 0. The van der Waals surface area contributed by atoms with Gasteiger partial charge in [-0.3, -0.25) is 9.05 Å². The highest BCUT2D eigenvalue weighted by molar-refractivity contribution is 7.47. The van der Waals surface area contributed by atoms with Crippen molar-refractivity contribution in [2.45, 2.75) is 91.3 Å². The average molecular weight is 382 g/mol. The molecule has 0 aliphatic heterocycles. The smallest absolute Gasteiger partial charge is 0.379 e. The fourth-order valence-electron chi connectivity index (χ4n) is 2.30. The number of phosphoric acid groups is 1. The third-order valence-corrected chi connectivity index (χ3v) is 4.87. The molecule has 152 valence electrons. The minimum atomic E-state index is -4.10. The van der Waals surface area contributed by atoms with Crippen molar-refractivity contribution in [3.63, 3.8) is 0 Å². The summed E-state index contributed by atoms with van der Waals surface area (Å²) in [5.41, 5.74) is 0. The molecule has 0 heterocycles. The van der Waals surface area contributed by atoms with E-state index in [0.29, 0.717) is 13.2 Å². The number of ether oxygens (including phenoxy) is 2. The van der Waals surface area contributed by atoms with E-state index < -0.39 is 20.0 Å². The first-order valence-corrected chi connectivity index (χ1v) is 11.3. The van der Waals surface area contributed by atoms with Crippen LogP contribution in [0.4, 0.5) is 0 Å². The Labute approximate surface area is 154 Å². The zero-order chi connectivity index (χ0) is 19.0. The molecule has 0 saturated heterocycles. The van der Waals surface area contributed by atoms with E-state index in [-0.39, 0.29) is 13.2 Å². The molecule has 0 aromatic rings. The lowest BCUT2D eigenvalue weighted by atomic mass is 10.2. The minimum absolute atomic E-state index is 0.280. The van der Waals surface area contributed by atoms with E-state index in [9.17, 15) is 9.46 Å². The third kappa shape index (κ3) is 17.2. The third-order valence-electron chi connectivity index (χ3n) is 3.62. The quantitative estimate of drug-likeness (QED) is 0.263. The number of hydrogen-bond donors (Lipinski definition) is 1. The van der Waals surface area contributed by atoms with E-state index in [2.05, 4.69) is 13.8 Å². The zero-order valence-corrected chi connectivity index (χ0v) is 17.5.